The Morgan fingerprint density at radius 1 is 1.04 bits per heavy atom. The first-order valence-corrected chi connectivity index (χ1v) is 8.23. The molecule has 0 spiro atoms. The monoisotopic (exact) mass is 351 g/mol. The number of ether oxygens (including phenoxy) is 3. The zero-order valence-corrected chi connectivity index (χ0v) is 13.9. The van der Waals surface area contributed by atoms with E-state index in [0.29, 0.717) is 30.4 Å². The van der Waals surface area contributed by atoms with Crippen LogP contribution in [-0.2, 0) is 0 Å². The van der Waals surface area contributed by atoms with E-state index in [1.807, 2.05) is 24.3 Å². The summed E-state index contributed by atoms with van der Waals surface area (Å²) in [5, 5.41) is 14.6. The molecule has 0 aromatic heterocycles. The Morgan fingerprint density at radius 2 is 1.81 bits per heavy atom. The van der Waals surface area contributed by atoms with Gasteiger partial charge in [-0.05, 0) is 35.0 Å². The van der Waals surface area contributed by atoms with Crippen LogP contribution in [-0.4, -0.2) is 31.0 Å². The van der Waals surface area contributed by atoms with E-state index in [-0.39, 0.29) is 24.0 Å². The number of hydrogen-bond donors (Lipinski definition) is 2. The van der Waals surface area contributed by atoms with Crippen LogP contribution < -0.4 is 19.5 Å². The second-order valence-corrected chi connectivity index (χ2v) is 5.84. The molecule has 0 fully saturated rings. The van der Waals surface area contributed by atoms with Gasteiger partial charge in [0.1, 0.15) is 18.1 Å². The lowest BCUT2D eigenvalue weighted by atomic mass is 10.1. The summed E-state index contributed by atoms with van der Waals surface area (Å²) in [5.41, 5.74) is 0.242. The van der Waals surface area contributed by atoms with Gasteiger partial charge in [0.25, 0.3) is 5.91 Å². The lowest BCUT2D eigenvalue weighted by Gasteiger charge is -2.10. The van der Waals surface area contributed by atoms with Crippen LogP contribution in [0.15, 0.2) is 54.6 Å². The topological polar surface area (TPSA) is 77.0 Å². The van der Waals surface area contributed by atoms with Gasteiger partial charge in [-0.25, -0.2) is 0 Å². The Balaban J connectivity index is 1.35. The molecule has 1 aliphatic heterocycles. The lowest BCUT2D eigenvalue weighted by Crippen LogP contribution is -2.28. The number of aromatic hydroxyl groups is 1. The van der Waals surface area contributed by atoms with Crippen molar-refractivity contribution >= 4 is 16.7 Å². The molecule has 4 rings (SSSR count). The fourth-order valence-corrected chi connectivity index (χ4v) is 2.81. The van der Waals surface area contributed by atoms with E-state index in [2.05, 4.69) is 5.32 Å². The summed E-state index contributed by atoms with van der Waals surface area (Å²) in [7, 11) is 0. The zero-order valence-electron chi connectivity index (χ0n) is 13.9. The Hall–Kier alpha value is -3.41. The van der Waals surface area contributed by atoms with Crippen molar-refractivity contribution in [2.24, 2.45) is 0 Å². The van der Waals surface area contributed by atoms with Gasteiger partial charge in [-0.3, -0.25) is 4.79 Å². The predicted molar refractivity (Wildman–Crippen MR) is 96.0 cm³/mol. The van der Waals surface area contributed by atoms with Gasteiger partial charge in [0.15, 0.2) is 11.5 Å². The average Bonchev–Trinajstić information content (AvgIpc) is 3.12. The molecule has 0 unspecified atom stereocenters. The van der Waals surface area contributed by atoms with Gasteiger partial charge in [-0.2, -0.15) is 0 Å². The van der Waals surface area contributed by atoms with Crippen molar-refractivity contribution in [3.8, 4) is 23.0 Å². The second kappa shape index (κ2) is 6.84. The van der Waals surface area contributed by atoms with Crippen LogP contribution in [0.25, 0.3) is 10.8 Å². The number of fused-ring (bicyclic) bond motifs is 2. The third-order valence-corrected chi connectivity index (χ3v) is 4.11. The van der Waals surface area contributed by atoms with Crippen LogP contribution in [0.5, 0.6) is 23.0 Å². The Kier molecular flexibility index (Phi) is 4.23. The van der Waals surface area contributed by atoms with Crippen molar-refractivity contribution in [3.63, 3.8) is 0 Å². The van der Waals surface area contributed by atoms with Gasteiger partial charge in [0.05, 0.1) is 12.1 Å². The highest BCUT2D eigenvalue weighted by Gasteiger charge is 2.14. The third kappa shape index (κ3) is 3.21. The molecule has 1 heterocycles. The molecule has 6 nitrogen and oxygen atoms in total. The molecule has 0 saturated heterocycles. The molecule has 0 saturated carbocycles. The van der Waals surface area contributed by atoms with Crippen LogP contribution in [0.2, 0.25) is 0 Å². The van der Waals surface area contributed by atoms with E-state index in [9.17, 15) is 9.90 Å². The van der Waals surface area contributed by atoms with Gasteiger partial charge in [-0.1, -0.05) is 24.3 Å². The number of benzene rings is 3. The van der Waals surface area contributed by atoms with E-state index < -0.39 is 0 Å². The van der Waals surface area contributed by atoms with E-state index in [1.165, 1.54) is 0 Å². The average molecular weight is 351 g/mol. The van der Waals surface area contributed by atoms with Crippen LogP contribution in [0.1, 0.15) is 10.4 Å². The number of carbonyl (C=O) groups excluding carboxylic acids is 1. The smallest absolute Gasteiger partial charge is 0.255 e. The van der Waals surface area contributed by atoms with Crippen LogP contribution >= 0.6 is 0 Å². The van der Waals surface area contributed by atoms with Crippen LogP contribution in [0.3, 0.4) is 0 Å². The number of phenols is 1. The molecule has 3 aromatic carbocycles. The molecule has 1 aliphatic rings. The number of nitrogens with one attached hydrogen (secondary N) is 1. The molecule has 6 heteroatoms. The molecule has 0 bridgehead atoms. The molecule has 26 heavy (non-hydrogen) atoms. The van der Waals surface area contributed by atoms with Crippen molar-refractivity contribution in [2.75, 3.05) is 19.9 Å². The van der Waals surface area contributed by atoms with Crippen molar-refractivity contribution in [3.05, 3.63) is 60.2 Å². The standard InChI is InChI=1S/C20H17NO5/c22-17-10-14-4-2-1-3-13(14)9-16(17)20(23)21-7-8-24-15-5-6-18-19(11-15)26-12-25-18/h1-6,9-11,22H,7-8,12H2,(H,21,23). The Labute approximate surface area is 149 Å². The minimum atomic E-state index is -0.345. The summed E-state index contributed by atoms with van der Waals surface area (Å²) in [4.78, 5) is 12.3. The SMILES string of the molecule is O=C(NCCOc1ccc2c(c1)OCO2)c1cc2ccccc2cc1O. The molecule has 1 amide bonds. The summed E-state index contributed by atoms with van der Waals surface area (Å²) < 4.78 is 16.1. The predicted octanol–water partition coefficient (Wildman–Crippen LogP) is 3.08. The summed E-state index contributed by atoms with van der Waals surface area (Å²) in [6, 6.07) is 16.1. The zero-order chi connectivity index (χ0) is 17.9. The molecule has 0 atom stereocenters. The summed E-state index contributed by atoms with van der Waals surface area (Å²) in [6.07, 6.45) is 0. The van der Waals surface area contributed by atoms with Gasteiger partial charge in [-0.15, -0.1) is 0 Å². The maximum atomic E-state index is 12.3. The fraction of sp³-hybridized carbons (Fsp3) is 0.150. The highest BCUT2D eigenvalue weighted by Crippen LogP contribution is 2.35. The first kappa shape index (κ1) is 16.1. The normalized spacial score (nSPS) is 12.2. The Morgan fingerprint density at radius 3 is 2.65 bits per heavy atom. The van der Waals surface area contributed by atoms with Gasteiger partial charge in [0.2, 0.25) is 6.79 Å². The van der Waals surface area contributed by atoms with E-state index in [4.69, 9.17) is 14.2 Å². The summed E-state index contributed by atoms with van der Waals surface area (Å²) in [6.45, 7) is 0.809. The van der Waals surface area contributed by atoms with Crippen molar-refractivity contribution < 1.29 is 24.1 Å². The summed E-state index contributed by atoms with van der Waals surface area (Å²) in [5.74, 6) is 1.59. The first-order valence-electron chi connectivity index (χ1n) is 8.23. The quantitative estimate of drug-likeness (QED) is 0.691. The maximum Gasteiger partial charge on any atom is 0.255 e. The molecule has 0 radical (unpaired) electrons. The lowest BCUT2D eigenvalue weighted by molar-refractivity contribution is 0.0944. The van der Waals surface area contributed by atoms with Crippen molar-refractivity contribution in [2.45, 2.75) is 0 Å². The Bertz CT molecular complexity index is 970. The van der Waals surface area contributed by atoms with Gasteiger partial charge in [0, 0.05) is 6.07 Å². The van der Waals surface area contributed by atoms with Crippen molar-refractivity contribution in [1.29, 1.82) is 0 Å². The first-order chi connectivity index (χ1) is 12.7. The largest absolute Gasteiger partial charge is 0.507 e. The number of phenolic OH excluding ortho intramolecular Hbond substituents is 1. The molecular formula is C20H17NO5. The highest BCUT2D eigenvalue weighted by atomic mass is 16.7. The molecule has 0 aliphatic carbocycles. The second-order valence-electron chi connectivity index (χ2n) is 5.84. The maximum absolute atomic E-state index is 12.3. The number of hydrogen-bond acceptors (Lipinski definition) is 5. The third-order valence-electron chi connectivity index (χ3n) is 4.11. The minimum Gasteiger partial charge on any atom is -0.507 e. The summed E-state index contributed by atoms with van der Waals surface area (Å²) >= 11 is 0. The number of amides is 1. The van der Waals surface area contributed by atoms with E-state index >= 15 is 0 Å². The van der Waals surface area contributed by atoms with Crippen molar-refractivity contribution in [1.82, 2.24) is 5.32 Å². The molecular weight excluding hydrogens is 334 g/mol. The highest BCUT2D eigenvalue weighted by molar-refractivity contribution is 6.01. The minimum absolute atomic E-state index is 0.0436. The van der Waals surface area contributed by atoms with Crippen LogP contribution in [0, 0.1) is 0 Å². The molecule has 132 valence electrons. The fourth-order valence-electron chi connectivity index (χ4n) is 2.81. The molecule has 3 aromatic rings. The van der Waals surface area contributed by atoms with E-state index in [1.54, 1.807) is 30.3 Å². The van der Waals surface area contributed by atoms with Gasteiger partial charge < -0.3 is 24.6 Å². The van der Waals surface area contributed by atoms with E-state index in [0.717, 1.165) is 10.8 Å². The number of rotatable bonds is 5. The van der Waals surface area contributed by atoms with Gasteiger partial charge >= 0.3 is 0 Å². The van der Waals surface area contributed by atoms with Crippen LogP contribution in [0.4, 0.5) is 0 Å². The molecule has 2 N–H and O–H groups in total. The number of carbonyl (C=O) groups is 1.